The van der Waals surface area contributed by atoms with Gasteiger partial charge in [0.1, 0.15) is 8.86 Å². The van der Waals surface area contributed by atoms with Crippen molar-refractivity contribution in [3.63, 3.8) is 0 Å². The van der Waals surface area contributed by atoms with E-state index in [9.17, 15) is 10.1 Å². The average molecular weight is 412 g/mol. The Morgan fingerprint density at radius 3 is 2.20 bits per heavy atom. The predicted molar refractivity (Wildman–Crippen MR) is 89.9 cm³/mol. The fourth-order valence-corrected chi connectivity index (χ4v) is 4.04. The maximum absolute atomic E-state index is 10.8. The Bertz CT molecular complexity index is 587. The quantitative estimate of drug-likeness (QED) is 0.230. The summed E-state index contributed by atoms with van der Waals surface area (Å²) in [6.45, 7) is 0. The molecule has 0 atom stereocenters. The van der Waals surface area contributed by atoms with E-state index in [1.54, 1.807) is 18.2 Å². The molecule has 0 saturated carbocycles. The van der Waals surface area contributed by atoms with E-state index in [4.69, 9.17) is 58.0 Å². The Balaban J connectivity index is 2.91. The van der Waals surface area contributed by atoms with Crippen LogP contribution >= 0.6 is 79.6 Å². The number of hydrogen-bond acceptors (Lipinski definition) is 4. The Morgan fingerprint density at radius 2 is 1.65 bits per heavy atom. The summed E-state index contributed by atoms with van der Waals surface area (Å²) in [5.74, 6) is 0. The Kier molecular flexibility index (Phi) is 7.90. The van der Waals surface area contributed by atoms with Gasteiger partial charge in [-0.2, -0.15) is 0 Å². The van der Waals surface area contributed by atoms with E-state index in [-0.39, 0.29) is 24.6 Å². The Morgan fingerprint density at radius 1 is 1.05 bits per heavy atom. The number of benzene rings is 1. The lowest BCUT2D eigenvalue weighted by atomic mass is 10.3. The van der Waals surface area contributed by atoms with Crippen molar-refractivity contribution in [3.05, 3.63) is 53.3 Å². The summed E-state index contributed by atoms with van der Waals surface area (Å²) in [6, 6.07) is 6.24. The normalized spacial score (nSPS) is 11.8. The molecule has 1 aromatic carbocycles. The third kappa shape index (κ3) is 5.22. The Labute approximate surface area is 147 Å². The van der Waals surface area contributed by atoms with Gasteiger partial charge in [-0.25, -0.2) is 0 Å². The second-order valence-corrected chi connectivity index (χ2v) is 7.54. The first-order valence-electron chi connectivity index (χ1n) is 4.69. The van der Waals surface area contributed by atoms with E-state index in [2.05, 4.69) is 0 Å². The van der Waals surface area contributed by atoms with Crippen LogP contribution in [0, 0.1) is 10.1 Å². The summed E-state index contributed by atoms with van der Waals surface area (Å²) >= 11 is 28.5. The van der Waals surface area contributed by atoms with Gasteiger partial charge < -0.3 is 0 Å². The molecule has 10 heteroatoms. The SMILES string of the molecule is O=[N+]([O-])c1ccccc1SSC(Cl)=C(Cl)C(Cl)=C(Cl)Cl. The minimum Gasteiger partial charge on any atom is -0.258 e. The van der Waals surface area contributed by atoms with Gasteiger partial charge in [0.25, 0.3) is 5.69 Å². The first-order chi connectivity index (χ1) is 9.34. The molecule has 1 aromatic rings. The number of rotatable bonds is 5. The molecule has 0 aliphatic rings. The van der Waals surface area contributed by atoms with Crippen LogP contribution in [0.2, 0.25) is 0 Å². The van der Waals surface area contributed by atoms with Crippen molar-refractivity contribution in [3.8, 4) is 0 Å². The van der Waals surface area contributed by atoms with E-state index in [1.165, 1.54) is 6.07 Å². The number of nitro benzene ring substituents is 1. The van der Waals surface area contributed by atoms with E-state index in [0.717, 1.165) is 21.6 Å². The highest BCUT2D eigenvalue weighted by atomic mass is 35.5. The highest BCUT2D eigenvalue weighted by Crippen LogP contribution is 2.46. The van der Waals surface area contributed by atoms with Crippen molar-refractivity contribution in [2.45, 2.75) is 4.90 Å². The number of nitro groups is 1. The molecule has 108 valence electrons. The summed E-state index contributed by atoms with van der Waals surface area (Å²) in [5, 5.41) is 10.7. The van der Waals surface area contributed by atoms with Crippen molar-refractivity contribution in [1.82, 2.24) is 0 Å². The van der Waals surface area contributed by atoms with Gasteiger partial charge in [-0.3, -0.25) is 10.1 Å². The molecule has 0 spiro atoms. The molecule has 0 radical (unpaired) electrons. The van der Waals surface area contributed by atoms with Crippen molar-refractivity contribution >= 4 is 85.3 Å². The first kappa shape index (κ1) is 18.3. The van der Waals surface area contributed by atoms with Crippen LogP contribution in [0.15, 0.2) is 48.1 Å². The molecular weight excluding hydrogens is 408 g/mol. The zero-order valence-electron chi connectivity index (χ0n) is 9.28. The number of nitrogens with zero attached hydrogens (tertiary/aromatic N) is 1. The molecule has 0 amide bonds. The maximum atomic E-state index is 10.8. The molecule has 0 aromatic heterocycles. The summed E-state index contributed by atoms with van der Waals surface area (Å²) in [5.41, 5.74) is -0.0254. The summed E-state index contributed by atoms with van der Waals surface area (Å²) in [7, 11) is 2.08. The van der Waals surface area contributed by atoms with Crippen LogP contribution < -0.4 is 0 Å². The van der Waals surface area contributed by atoms with Gasteiger partial charge in [-0.15, -0.1) is 0 Å². The molecule has 0 N–H and O–H groups in total. The van der Waals surface area contributed by atoms with Crippen LogP contribution in [-0.2, 0) is 0 Å². The van der Waals surface area contributed by atoms with Gasteiger partial charge in [0.15, 0.2) is 0 Å². The highest BCUT2D eigenvalue weighted by Gasteiger charge is 2.16. The van der Waals surface area contributed by atoms with Crippen molar-refractivity contribution in [2.24, 2.45) is 0 Å². The zero-order valence-corrected chi connectivity index (χ0v) is 14.7. The zero-order chi connectivity index (χ0) is 15.3. The number of allylic oxidation sites excluding steroid dienone is 2. The topological polar surface area (TPSA) is 43.1 Å². The van der Waals surface area contributed by atoms with Crippen LogP contribution in [0.25, 0.3) is 0 Å². The van der Waals surface area contributed by atoms with E-state index in [0.29, 0.717) is 4.90 Å². The van der Waals surface area contributed by atoms with Gasteiger partial charge in [-0.1, -0.05) is 70.1 Å². The molecular formula is C10H4Cl5NO2S2. The molecule has 0 fully saturated rings. The maximum Gasteiger partial charge on any atom is 0.283 e. The van der Waals surface area contributed by atoms with Crippen LogP contribution in [0.4, 0.5) is 5.69 Å². The second-order valence-electron chi connectivity index (χ2n) is 3.05. The molecule has 0 aliphatic carbocycles. The smallest absolute Gasteiger partial charge is 0.258 e. The van der Waals surface area contributed by atoms with Crippen molar-refractivity contribution in [2.75, 3.05) is 0 Å². The lowest BCUT2D eigenvalue weighted by Gasteiger charge is -2.03. The van der Waals surface area contributed by atoms with Crippen LogP contribution in [0.1, 0.15) is 0 Å². The minimum atomic E-state index is -0.482. The molecule has 0 aliphatic heterocycles. The van der Waals surface area contributed by atoms with Gasteiger partial charge in [-0.05, 0) is 27.7 Å². The average Bonchev–Trinajstić information content (AvgIpc) is 2.43. The summed E-state index contributed by atoms with van der Waals surface area (Å²) in [4.78, 5) is 10.8. The van der Waals surface area contributed by atoms with E-state index < -0.39 is 4.92 Å². The lowest BCUT2D eigenvalue weighted by molar-refractivity contribution is -0.387. The minimum absolute atomic E-state index is 0.0237. The summed E-state index contributed by atoms with van der Waals surface area (Å²) < 4.78 is -0.107. The third-order valence-corrected chi connectivity index (χ3v) is 6.37. The van der Waals surface area contributed by atoms with Gasteiger partial charge >= 0.3 is 0 Å². The van der Waals surface area contributed by atoms with Gasteiger partial charge in [0, 0.05) is 6.07 Å². The van der Waals surface area contributed by atoms with Crippen LogP contribution in [0.3, 0.4) is 0 Å². The fourth-order valence-electron chi connectivity index (χ4n) is 0.966. The summed E-state index contributed by atoms with van der Waals surface area (Å²) in [6.07, 6.45) is 0. The Hall–Kier alpha value is 0.250. The highest BCUT2D eigenvalue weighted by molar-refractivity contribution is 8.78. The molecule has 0 bridgehead atoms. The molecule has 0 heterocycles. The van der Waals surface area contributed by atoms with Gasteiger partial charge in [0.2, 0.25) is 0 Å². The molecule has 20 heavy (non-hydrogen) atoms. The van der Waals surface area contributed by atoms with Gasteiger partial charge in [0.05, 0.1) is 19.9 Å². The van der Waals surface area contributed by atoms with Crippen molar-refractivity contribution < 1.29 is 4.92 Å². The van der Waals surface area contributed by atoms with Crippen molar-refractivity contribution in [1.29, 1.82) is 0 Å². The second kappa shape index (κ2) is 8.63. The van der Waals surface area contributed by atoms with E-state index in [1.807, 2.05) is 0 Å². The monoisotopic (exact) mass is 409 g/mol. The predicted octanol–water partition coefficient (Wildman–Crippen LogP) is 6.87. The fraction of sp³-hybridized carbons (Fsp3) is 0. The van der Waals surface area contributed by atoms with Crippen LogP contribution in [0.5, 0.6) is 0 Å². The molecule has 0 unspecified atom stereocenters. The number of hydrogen-bond donors (Lipinski definition) is 0. The first-order valence-corrected chi connectivity index (χ1v) is 8.73. The standard InChI is InChI=1S/C10H4Cl5NO2S2/c11-7(9(13)14)8(12)10(15)20-19-6-4-2-1-3-5(6)16(17)18/h1-4H. The molecule has 1 rings (SSSR count). The molecule has 0 saturated heterocycles. The number of para-hydroxylation sites is 1. The third-order valence-electron chi connectivity index (χ3n) is 1.80. The lowest BCUT2D eigenvalue weighted by Crippen LogP contribution is -1.89. The number of halogens is 5. The van der Waals surface area contributed by atoms with E-state index >= 15 is 0 Å². The largest absolute Gasteiger partial charge is 0.283 e. The molecule has 3 nitrogen and oxygen atoms in total. The van der Waals surface area contributed by atoms with Crippen LogP contribution in [-0.4, -0.2) is 4.92 Å².